The molecule has 26 heavy (non-hydrogen) atoms. The summed E-state index contributed by atoms with van der Waals surface area (Å²) in [5.74, 6) is -0.297. The van der Waals surface area contributed by atoms with E-state index in [-0.39, 0.29) is 29.4 Å². The molecule has 1 saturated heterocycles. The zero-order chi connectivity index (χ0) is 18.1. The molecule has 1 aromatic heterocycles. The van der Waals surface area contributed by atoms with Gasteiger partial charge in [0, 0.05) is 18.5 Å². The van der Waals surface area contributed by atoms with Gasteiger partial charge in [-0.2, -0.15) is 0 Å². The first-order chi connectivity index (χ1) is 12.6. The number of rotatable bonds is 3. The van der Waals surface area contributed by atoms with E-state index in [1.165, 1.54) is 12.1 Å². The van der Waals surface area contributed by atoms with Gasteiger partial charge in [-0.25, -0.2) is 4.39 Å². The number of benzene rings is 1. The smallest absolute Gasteiger partial charge is 0.251 e. The molecule has 138 valence electrons. The fourth-order valence-corrected chi connectivity index (χ4v) is 4.20. The number of H-pyrrole nitrogens is 1. The maximum absolute atomic E-state index is 13.3. The number of aryl methyl sites for hydroxylation is 1. The van der Waals surface area contributed by atoms with E-state index in [2.05, 4.69) is 4.98 Å². The van der Waals surface area contributed by atoms with Gasteiger partial charge in [0.05, 0.1) is 24.3 Å². The predicted octanol–water partition coefficient (Wildman–Crippen LogP) is 2.77. The van der Waals surface area contributed by atoms with Crippen LogP contribution >= 0.6 is 0 Å². The second kappa shape index (κ2) is 7.19. The van der Waals surface area contributed by atoms with Gasteiger partial charge in [0.1, 0.15) is 5.82 Å². The maximum atomic E-state index is 13.3. The van der Waals surface area contributed by atoms with E-state index in [4.69, 9.17) is 4.74 Å². The minimum Gasteiger partial charge on any atom is -0.374 e. The summed E-state index contributed by atoms with van der Waals surface area (Å²) in [5, 5.41) is 0.771. The minimum atomic E-state index is -0.384. The first kappa shape index (κ1) is 17.2. The van der Waals surface area contributed by atoms with Gasteiger partial charge >= 0.3 is 0 Å². The number of fused-ring (bicyclic) bond motifs is 2. The highest BCUT2D eigenvalue weighted by Crippen LogP contribution is 2.29. The van der Waals surface area contributed by atoms with Crippen LogP contribution in [-0.4, -0.2) is 41.1 Å². The fourth-order valence-electron chi connectivity index (χ4n) is 4.20. The molecule has 1 aliphatic carbocycles. The number of aromatic nitrogens is 1. The lowest BCUT2D eigenvalue weighted by Gasteiger charge is -2.43. The van der Waals surface area contributed by atoms with Crippen molar-refractivity contribution in [2.24, 2.45) is 0 Å². The average molecular weight is 358 g/mol. The standard InChI is InChI=1S/C20H23FN2O3/c21-15-7-5-13-11-14(20(25)22-16(13)12-15)6-8-19(24)23-9-10-26-18-4-2-1-3-17(18)23/h5,7,11-12,17-18H,1-4,6,8-10H2,(H,22,25). The number of morpholine rings is 1. The molecule has 0 spiro atoms. The SMILES string of the molecule is O=C(CCc1cc2ccc(F)cc2[nH]c1=O)N1CCOC2CCCCC21. The topological polar surface area (TPSA) is 62.4 Å². The number of carbonyl (C=O) groups excluding carboxylic acids is 1. The third kappa shape index (κ3) is 3.38. The molecule has 1 N–H and O–H groups in total. The summed E-state index contributed by atoms with van der Waals surface area (Å²) in [6.45, 7) is 1.22. The Morgan fingerprint density at radius 1 is 1.27 bits per heavy atom. The van der Waals surface area contributed by atoms with E-state index < -0.39 is 0 Å². The summed E-state index contributed by atoms with van der Waals surface area (Å²) in [5.41, 5.74) is 0.780. The summed E-state index contributed by atoms with van der Waals surface area (Å²) < 4.78 is 19.1. The molecule has 6 heteroatoms. The Morgan fingerprint density at radius 3 is 3.00 bits per heavy atom. The van der Waals surface area contributed by atoms with Gasteiger partial charge in [0.15, 0.2) is 0 Å². The number of halogens is 1. The maximum Gasteiger partial charge on any atom is 0.251 e. The number of ether oxygens (including phenoxy) is 1. The molecule has 2 aromatic rings. The molecule has 5 nitrogen and oxygen atoms in total. The molecule has 0 radical (unpaired) electrons. The molecule has 2 heterocycles. The van der Waals surface area contributed by atoms with Crippen LogP contribution in [0.2, 0.25) is 0 Å². The van der Waals surface area contributed by atoms with Crippen molar-refractivity contribution >= 4 is 16.8 Å². The van der Waals surface area contributed by atoms with Crippen molar-refractivity contribution in [3.63, 3.8) is 0 Å². The molecule has 1 saturated carbocycles. The highest BCUT2D eigenvalue weighted by Gasteiger charge is 2.36. The number of hydrogen-bond donors (Lipinski definition) is 1. The molecular formula is C20H23FN2O3. The normalized spacial score (nSPS) is 23.0. The van der Waals surface area contributed by atoms with Gasteiger partial charge in [-0.3, -0.25) is 9.59 Å². The van der Waals surface area contributed by atoms with Gasteiger partial charge in [-0.1, -0.05) is 12.8 Å². The largest absolute Gasteiger partial charge is 0.374 e. The molecule has 0 bridgehead atoms. The monoisotopic (exact) mass is 358 g/mol. The van der Waals surface area contributed by atoms with Gasteiger partial charge in [0.2, 0.25) is 5.91 Å². The van der Waals surface area contributed by atoms with Gasteiger partial charge in [-0.05, 0) is 48.9 Å². The molecular weight excluding hydrogens is 335 g/mol. The van der Waals surface area contributed by atoms with Crippen molar-refractivity contribution in [3.05, 3.63) is 46.0 Å². The van der Waals surface area contributed by atoms with Crippen LogP contribution in [0.1, 0.15) is 37.7 Å². The molecule has 2 fully saturated rings. The summed E-state index contributed by atoms with van der Waals surface area (Å²) in [6.07, 6.45) is 5.18. The van der Waals surface area contributed by atoms with E-state index in [1.54, 1.807) is 12.1 Å². The Balaban J connectivity index is 1.47. The lowest BCUT2D eigenvalue weighted by Crippen LogP contribution is -2.54. The highest BCUT2D eigenvalue weighted by atomic mass is 19.1. The minimum absolute atomic E-state index is 0.0869. The average Bonchev–Trinajstić information content (AvgIpc) is 2.65. The summed E-state index contributed by atoms with van der Waals surface area (Å²) >= 11 is 0. The van der Waals surface area contributed by atoms with Crippen LogP contribution in [0.5, 0.6) is 0 Å². The molecule has 1 aliphatic heterocycles. The van der Waals surface area contributed by atoms with Crippen LogP contribution in [0.3, 0.4) is 0 Å². The van der Waals surface area contributed by atoms with Crippen LogP contribution in [0, 0.1) is 5.82 Å². The Labute approximate surface area is 151 Å². The van der Waals surface area contributed by atoms with Crippen molar-refractivity contribution in [3.8, 4) is 0 Å². The number of aromatic amines is 1. The van der Waals surface area contributed by atoms with E-state index in [0.29, 0.717) is 37.1 Å². The first-order valence-electron chi connectivity index (χ1n) is 9.34. The lowest BCUT2D eigenvalue weighted by molar-refractivity contribution is -0.149. The third-order valence-corrected chi connectivity index (χ3v) is 5.55. The number of hydrogen-bond acceptors (Lipinski definition) is 3. The van der Waals surface area contributed by atoms with Gasteiger partial charge in [0.25, 0.3) is 5.56 Å². The summed E-state index contributed by atoms with van der Waals surface area (Å²) in [4.78, 5) is 29.7. The van der Waals surface area contributed by atoms with E-state index in [1.807, 2.05) is 4.90 Å². The number of amides is 1. The second-order valence-corrected chi connectivity index (χ2v) is 7.20. The zero-order valence-corrected chi connectivity index (χ0v) is 14.7. The van der Waals surface area contributed by atoms with Crippen molar-refractivity contribution in [1.82, 2.24) is 9.88 Å². The molecule has 1 amide bonds. The van der Waals surface area contributed by atoms with Crippen molar-refractivity contribution in [2.75, 3.05) is 13.2 Å². The summed E-state index contributed by atoms with van der Waals surface area (Å²) in [7, 11) is 0. The first-order valence-corrected chi connectivity index (χ1v) is 9.34. The summed E-state index contributed by atoms with van der Waals surface area (Å²) in [6, 6.07) is 6.25. The van der Waals surface area contributed by atoms with Crippen LogP contribution in [-0.2, 0) is 16.0 Å². The zero-order valence-electron chi connectivity index (χ0n) is 14.7. The second-order valence-electron chi connectivity index (χ2n) is 7.20. The fraction of sp³-hybridized carbons (Fsp3) is 0.500. The highest BCUT2D eigenvalue weighted by molar-refractivity contribution is 5.80. The molecule has 1 aromatic carbocycles. The Hall–Kier alpha value is -2.21. The molecule has 4 rings (SSSR count). The number of pyridine rings is 1. The Bertz CT molecular complexity index is 877. The Kier molecular flexibility index (Phi) is 4.76. The number of nitrogens with one attached hydrogen (secondary N) is 1. The third-order valence-electron chi connectivity index (χ3n) is 5.55. The van der Waals surface area contributed by atoms with E-state index in [0.717, 1.165) is 31.1 Å². The van der Waals surface area contributed by atoms with Gasteiger partial charge < -0.3 is 14.6 Å². The van der Waals surface area contributed by atoms with Crippen LogP contribution in [0.15, 0.2) is 29.1 Å². The Morgan fingerprint density at radius 2 is 2.12 bits per heavy atom. The number of nitrogens with zero attached hydrogens (tertiary/aromatic N) is 1. The van der Waals surface area contributed by atoms with Crippen LogP contribution in [0.4, 0.5) is 4.39 Å². The van der Waals surface area contributed by atoms with Crippen molar-refractivity contribution in [1.29, 1.82) is 0 Å². The lowest BCUT2D eigenvalue weighted by atomic mass is 9.90. The molecule has 2 atom stereocenters. The molecule has 2 unspecified atom stereocenters. The quantitative estimate of drug-likeness (QED) is 0.918. The van der Waals surface area contributed by atoms with Crippen molar-refractivity contribution in [2.45, 2.75) is 50.7 Å². The van der Waals surface area contributed by atoms with Crippen LogP contribution < -0.4 is 5.56 Å². The van der Waals surface area contributed by atoms with Gasteiger partial charge in [-0.15, -0.1) is 0 Å². The molecule has 2 aliphatic rings. The van der Waals surface area contributed by atoms with Crippen LogP contribution in [0.25, 0.3) is 10.9 Å². The number of carbonyl (C=O) groups is 1. The van der Waals surface area contributed by atoms with E-state index in [9.17, 15) is 14.0 Å². The predicted molar refractivity (Wildman–Crippen MR) is 96.6 cm³/mol. The van der Waals surface area contributed by atoms with E-state index >= 15 is 0 Å². The van der Waals surface area contributed by atoms with Crippen molar-refractivity contribution < 1.29 is 13.9 Å².